The molecule has 0 bridgehead atoms. The molecule has 0 saturated heterocycles. The van der Waals surface area contributed by atoms with E-state index >= 15 is 0 Å². The van der Waals surface area contributed by atoms with E-state index in [9.17, 15) is 17.6 Å². The van der Waals surface area contributed by atoms with Crippen LogP contribution in [0.1, 0.15) is 22.8 Å². The molecular weight excluding hydrogens is 391 g/mol. The van der Waals surface area contributed by atoms with Gasteiger partial charge in [-0.05, 0) is 61.9 Å². The number of nitrogens with zero attached hydrogens (tertiary/aromatic N) is 1. The summed E-state index contributed by atoms with van der Waals surface area (Å²) in [5, 5.41) is 0. The number of carbonyl (C=O) groups excluding carboxylic acids is 1. The normalized spacial score (nSPS) is 11.1. The third-order valence-corrected chi connectivity index (χ3v) is 5.82. The third kappa shape index (κ3) is 4.63. The summed E-state index contributed by atoms with van der Waals surface area (Å²) < 4.78 is 41.3. The van der Waals surface area contributed by atoms with Crippen molar-refractivity contribution in [1.29, 1.82) is 0 Å². The largest absolute Gasteiger partial charge is 0.309 e. The first-order chi connectivity index (χ1) is 13.8. The maximum Gasteiger partial charge on any atom is 0.261 e. The number of benzene rings is 3. The van der Waals surface area contributed by atoms with Crippen molar-refractivity contribution in [3.63, 3.8) is 0 Å². The van der Waals surface area contributed by atoms with Gasteiger partial charge in [0, 0.05) is 23.5 Å². The SMILES string of the molecule is CCN(C(=O)c1cccc(NS(=O)(=O)c2ccc(C)c(F)c2)c1)c1ccccc1. The molecule has 0 atom stereocenters. The summed E-state index contributed by atoms with van der Waals surface area (Å²) >= 11 is 0. The molecule has 7 heteroatoms. The number of aryl methyl sites for hydroxylation is 1. The molecule has 1 N–H and O–H groups in total. The molecule has 0 heterocycles. The quantitative estimate of drug-likeness (QED) is 0.643. The molecule has 0 aliphatic carbocycles. The van der Waals surface area contributed by atoms with Gasteiger partial charge >= 0.3 is 0 Å². The Bertz CT molecular complexity index is 1130. The van der Waals surface area contributed by atoms with Crippen LogP contribution in [0.4, 0.5) is 15.8 Å². The number of carbonyl (C=O) groups is 1. The van der Waals surface area contributed by atoms with E-state index in [4.69, 9.17) is 0 Å². The molecule has 0 aliphatic rings. The summed E-state index contributed by atoms with van der Waals surface area (Å²) in [5.74, 6) is -0.848. The minimum atomic E-state index is -3.99. The van der Waals surface area contributed by atoms with Gasteiger partial charge in [-0.1, -0.05) is 30.3 Å². The number of hydrogen-bond acceptors (Lipinski definition) is 3. The Morgan fingerprint density at radius 1 is 1.00 bits per heavy atom. The molecule has 1 amide bonds. The number of para-hydroxylation sites is 1. The van der Waals surface area contributed by atoms with Gasteiger partial charge in [0.15, 0.2) is 0 Å². The van der Waals surface area contributed by atoms with Gasteiger partial charge in [-0.2, -0.15) is 0 Å². The first kappa shape index (κ1) is 20.5. The van der Waals surface area contributed by atoms with Crippen LogP contribution in [0.3, 0.4) is 0 Å². The number of nitrogens with one attached hydrogen (secondary N) is 1. The van der Waals surface area contributed by atoms with Crippen molar-refractivity contribution < 1.29 is 17.6 Å². The Labute approximate surface area is 169 Å². The zero-order chi connectivity index (χ0) is 21.0. The third-order valence-electron chi connectivity index (χ3n) is 4.44. The van der Waals surface area contributed by atoms with Crippen molar-refractivity contribution in [2.45, 2.75) is 18.7 Å². The van der Waals surface area contributed by atoms with Crippen LogP contribution in [0, 0.1) is 12.7 Å². The van der Waals surface area contributed by atoms with Gasteiger partial charge < -0.3 is 4.90 Å². The molecule has 0 unspecified atom stereocenters. The average Bonchev–Trinajstić information content (AvgIpc) is 2.71. The van der Waals surface area contributed by atoms with Crippen molar-refractivity contribution >= 4 is 27.3 Å². The van der Waals surface area contributed by atoms with Crippen LogP contribution in [0.5, 0.6) is 0 Å². The first-order valence-electron chi connectivity index (χ1n) is 9.08. The van der Waals surface area contributed by atoms with Crippen LogP contribution in [0.2, 0.25) is 0 Å². The number of anilines is 2. The molecule has 0 fully saturated rings. The van der Waals surface area contributed by atoms with Crippen molar-refractivity contribution in [2.75, 3.05) is 16.2 Å². The van der Waals surface area contributed by atoms with Crippen molar-refractivity contribution in [3.05, 3.63) is 89.7 Å². The lowest BCUT2D eigenvalue weighted by molar-refractivity contribution is 0.0988. The van der Waals surface area contributed by atoms with Crippen LogP contribution >= 0.6 is 0 Å². The highest BCUT2D eigenvalue weighted by Gasteiger charge is 2.19. The number of amides is 1. The van der Waals surface area contributed by atoms with Crippen LogP contribution in [0.25, 0.3) is 0 Å². The van der Waals surface area contributed by atoms with Crippen molar-refractivity contribution in [2.24, 2.45) is 0 Å². The standard InChI is InChI=1S/C22H21FN2O3S/c1-3-25(19-10-5-4-6-11-19)22(26)17-8-7-9-18(14-17)24-29(27,28)20-13-12-16(2)21(23)15-20/h4-15,24H,3H2,1-2H3. The lowest BCUT2D eigenvalue weighted by Gasteiger charge is -2.21. The van der Waals surface area contributed by atoms with Gasteiger partial charge in [0.1, 0.15) is 5.82 Å². The number of halogens is 1. The fraction of sp³-hybridized carbons (Fsp3) is 0.136. The molecule has 0 aromatic heterocycles. The van der Waals surface area contributed by atoms with E-state index in [-0.39, 0.29) is 16.5 Å². The van der Waals surface area contributed by atoms with E-state index < -0.39 is 15.8 Å². The van der Waals surface area contributed by atoms with E-state index in [1.807, 2.05) is 37.3 Å². The minimum Gasteiger partial charge on any atom is -0.309 e. The van der Waals surface area contributed by atoms with Gasteiger partial charge in [-0.15, -0.1) is 0 Å². The summed E-state index contributed by atoms with van der Waals surface area (Å²) in [6.07, 6.45) is 0. The lowest BCUT2D eigenvalue weighted by atomic mass is 10.1. The molecule has 3 aromatic carbocycles. The molecule has 0 spiro atoms. The molecular formula is C22H21FN2O3S. The lowest BCUT2D eigenvalue weighted by Crippen LogP contribution is -2.30. The van der Waals surface area contributed by atoms with Gasteiger partial charge in [0.25, 0.3) is 15.9 Å². The van der Waals surface area contributed by atoms with Crippen LogP contribution < -0.4 is 9.62 Å². The van der Waals surface area contributed by atoms with E-state index in [2.05, 4.69) is 4.72 Å². The monoisotopic (exact) mass is 412 g/mol. The zero-order valence-electron chi connectivity index (χ0n) is 16.1. The van der Waals surface area contributed by atoms with Gasteiger partial charge in [0.05, 0.1) is 4.90 Å². The number of hydrogen-bond donors (Lipinski definition) is 1. The maximum atomic E-state index is 13.8. The Kier molecular flexibility index (Phi) is 5.98. The number of rotatable bonds is 6. The second kappa shape index (κ2) is 8.45. The summed E-state index contributed by atoms with van der Waals surface area (Å²) in [6, 6.07) is 19.2. The van der Waals surface area contributed by atoms with Crippen LogP contribution in [-0.4, -0.2) is 20.9 Å². The first-order valence-corrected chi connectivity index (χ1v) is 10.6. The molecule has 0 saturated carbocycles. The van der Waals surface area contributed by atoms with E-state index in [0.717, 1.165) is 11.8 Å². The molecule has 0 aliphatic heterocycles. The highest BCUT2D eigenvalue weighted by Crippen LogP contribution is 2.22. The molecule has 150 valence electrons. The summed E-state index contributed by atoms with van der Waals surface area (Å²) in [5.41, 5.74) is 1.67. The molecule has 5 nitrogen and oxygen atoms in total. The Hall–Kier alpha value is -3.19. The maximum absolute atomic E-state index is 13.8. The summed E-state index contributed by atoms with van der Waals surface area (Å²) in [4.78, 5) is 14.4. The Balaban J connectivity index is 1.87. The van der Waals surface area contributed by atoms with E-state index in [0.29, 0.717) is 17.7 Å². The fourth-order valence-corrected chi connectivity index (χ4v) is 3.94. The highest BCUT2D eigenvalue weighted by atomic mass is 32.2. The molecule has 3 aromatic rings. The van der Waals surface area contributed by atoms with Gasteiger partial charge in [0.2, 0.25) is 0 Å². The molecule has 29 heavy (non-hydrogen) atoms. The molecule has 3 rings (SSSR count). The van der Waals surface area contributed by atoms with Crippen LogP contribution in [-0.2, 0) is 10.0 Å². The Morgan fingerprint density at radius 2 is 1.72 bits per heavy atom. The fourth-order valence-electron chi connectivity index (χ4n) is 2.88. The van der Waals surface area contributed by atoms with Gasteiger partial charge in [-0.25, -0.2) is 12.8 Å². The van der Waals surface area contributed by atoms with E-state index in [1.54, 1.807) is 24.0 Å². The minimum absolute atomic E-state index is 0.184. The smallest absolute Gasteiger partial charge is 0.261 e. The summed E-state index contributed by atoms with van der Waals surface area (Å²) in [7, 11) is -3.99. The topological polar surface area (TPSA) is 66.5 Å². The second-order valence-electron chi connectivity index (χ2n) is 6.48. The predicted octanol–water partition coefficient (Wildman–Crippen LogP) is 4.60. The van der Waals surface area contributed by atoms with Crippen molar-refractivity contribution in [1.82, 2.24) is 0 Å². The Morgan fingerprint density at radius 3 is 2.38 bits per heavy atom. The molecule has 0 radical (unpaired) electrons. The van der Waals surface area contributed by atoms with Crippen LogP contribution in [0.15, 0.2) is 77.7 Å². The predicted molar refractivity (Wildman–Crippen MR) is 112 cm³/mol. The summed E-state index contributed by atoms with van der Waals surface area (Å²) in [6.45, 7) is 3.88. The van der Waals surface area contributed by atoms with Gasteiger partial charge in [-0.3, -0.25) is 9.52 Å². The highest BCUT2D eigenvalue weighted by molar-refractivity contribution is 7.92. The zero-order valence-corrected chi connectivity index (χ0v) is 16.9. The number of sulfonamides is 1. The van der Waals surface area contributed by atoms with Crippen molar-refractivity contribution in [3.8, 4) is 0 Å². The van der Waals surface area contributed by atoms with E-state index in [1.165, 1.54) is 24.3 Å². The average molecular weight is 412 g/mol. The second-order valence-corrected chi connectivity index (χ2v) is 8.16.